The highest BCUT2D eigenvalue weighted by Crippen LogP contribution is 2.42. The molecule has 0 atom stereocenters. The van der Waals surface area contributed by atoms with Crippen molar-refractivity contribution in [2.45, 2.75) is 32.6 Å². The Balaban J connectivity index is 2.04. The lowest BCUT2D eigenvalue weighted by Gasteiger charge is -2.40. The van der Waals surface area contributed by atoms with Crippen LogP contribution in [0.5, 0.6) is 0 Å². The fourth-order valence-electron chi connectivity index (χ4n) is 1.93. The molecule has 0 aromatic carbocycles. The third-order valence-corrected chi connectivity index (χ3v) is 4.01. The number of nitrogens with two attached hydrogens (primary N) is 1. The third-order valence-electron chi connectivity index (χ3n) is 3.04. The predicted molar refractivity (Wildman–Crippen MR) is 55.9 cm³/mol. The van der Waals surface area contributed by atoms with Crippen molar-refractivity contribution in [2.24, 2.45) is 11.1 Å². The van der Waals surface area contributed by atoms with E-state index in [2.05, 4.69) is 17.3 Å². The van der Waals surface area contributed by atoms with Gasteiger partial charge in [0, 0.05) is 17.5 Å². The summed E-state index contributed by atoms with van der Waals surface area (Å²) in [6.07, 6.45) is 5.04. The molecule has 1 saturated carbocycles. The first-order valence-electron chi connectivity index (χ1n) is 4.85. The number of hydrogen-bond acceptors (Lipinski definition) is 3. The summed E-state index contributed by atoms with van der Waals surface area (Å²) in [4.78, 5) is 4.49. The van der Waals surface area contributed by atoms with Crippen molar-refractivity contribution in [3.8, 4) is 0 Å². The molecule has 2 N–H and O–H groups in total. The van der Waals surface area contributed by atoms with Gasteiger partial charge in [-0.15, -0.1) is 11.3 Å². The SMILES string of the molecule is Cc1csc(CC2(CN)CCC2)n1. The van der Waals surface area contributed by atoms with Gasteiger partial charge in [0.1, 0.15) is 0 Å². The van der Waals surface area contributed by atoms with Gasteiger partial charge in [-0.1, -0.05) is 6.42 Å². The van der Waals surface area contributed by atoms with Crippen LogP contribution < -0.4 is 5.73 Å². The van der Waals surface area contributed by atoms with E-state index in [-0.39, 0.29) is 0 Å². The van der Waals surface area contributed by atoms with Crippen LogP contribution in [0.1, 0.15) is 30.0 Å². The normalized spacial score (nSPS) is 19.8. The lowest BCUT2D eigenvalue weighted by atomic mass is 9.67. The minimum absolute atomic E-state index is 0.407. The summed E-state index contributed by atoms with van der Waals surface area (Å²) >= 11 is 1.77. The second-order valence-corrected chi connectivity index (χ2v) is 5.06. The Hall–Kier alpha value is -0.410. The highest BCUT2D eigenvalue weighted by molar-refractivity contribution is 7.09. The molecule has 13 heavy (non-hydrogen) atoms. The molecule has 72 valence electrons. The van der Waals surface area contributed by atoms with Crippen LogP contribution >= 0.6 is 11.3 Å². The number of hydrogen-bond donors (Lipinski definition) is 1. The Bertz CT molecular complexity index is 283. The molecule has 0 radical (unpaired) electrons. The van der Waals surface area contributed by atoms with Gasteiger partial charge < -0.3 is 5.73 Å². The molecular formula is C10H16N2S. The standard InChI is InChI=1S/C10H16N2S/c1-8-6-13-9(12-8)5-10(7-11)3-2-4-10/h6H,2-5,7,11H2,1H3. The van der Waals surface area contributed by atoms with E-state index in [0.29, 0.717) is 5.41 Å². The van der Waals surface area contributed by atoms with Crippen molar-refractivity contribution >= 4 is 11.3 Å². The molecule has 0 saturated heterocycles. The molecule has 1 aromatic rings. The first-order chi connectivity index (χ1) is 6.24. The maximum Gasteiger partial charge on any atom is 0.0934 e. The maximum absolute atomic E-state index is 5.80. The summed E-state index contributed by atoms with van der Waals surface area (Å²) in [6.45, 7) is 2.88. The third kappa shape index (κ3) is 1.76. The molecule has 0 spiro atoms. The van der Waals surface area contributed by atoms with Gasteiger partial charge in [-0.05, 0) is 31.7 Å². The molecule has 3 heteroatoms. The molecule has 0 aliphatic heterocycles. The Morgan fingerprint density at radius 3 is 2.77 bits per heavy atom. The Morgan fingerprint density at radius 1 is 1.62 bits per heavy atom. The molecule has 1 fully saturated rings. The largest absolute Gasteiger partial charge is 0.330 e. The summed E-state index contributed by atoms with van der Waals surface area (Å²) in [7, 11) is 0. The van der Waals surface area contributed by atoms with Crippen LogP contribution in [0.25, 0.3) is 0 Å². The summed E-state index contributed by atoms with van der Waals surface area (Å²) in [5.74, 6) is 0. The van der Waals surface area contributed by atoms with E-state index in [0.717, 1.165) is 18.7 Å². The molecule has 0 bridgehead atoms. The van der Waals surface area contributed by atoms with Gasteiger partial charge in [-0.2, -0.15) is 0 Å². The van der Waals surface area contributed by atoms with Gasteiger partial charge in [0.2, 0.25) is 0 Å². The van der Waals surface area contributed by atoms with Gasteiger partial charge in [0.05, 0.1) is 5.01 Å². The van der Waals surface area contributed by atoms with E-state index in [1.807, 2.05) is 0 Å². The smallest absolute Gasteiger partial charge is 0.0934 e. The minimum Gasteiger partial charge on any atom is -0.330 e. The monoisotopic (exact) mass is 196 g/mol. The molecule has 1 aromatic heterocycles. The number of aromatic nitrogens is 1. The van der Waals surface area contributed by atoms with Crippen molar-refractivity contribution in [1.29, 1.82) is 0 Å². The van der Waals surface area contributed by atoms with Crippen molar-refractivity contribution in [1.82, 2.24) is 4.98 Å². The zero-order valence-corrected chi connectivity index (χ0v) is 8.86. The van der Waals surface area contributed by atoms with Crippen LogP contribution in [0, 0.1) is 12.3 Å². The van der Waals surface area contributed by atoms with Crippen molar-refractivity contribution < 1.29 is 0 Å². The van der Waals surface area contributed by atoms with Crippen LogP contribution in [-0.2, 0) is 6.42 Å². The zero-order chi connectivity index (χ0) is 9.31. The van der Waals surface area contributed by atoms with E-state index in [9.17, 15) is 0 Å². The molecule has 2 rings (SSSR count). The van der Waals surface area contributed by atoms with Gasteiger partial charge in [0.15, 0.2) is 0 Å². The lowest BCUT2D eigenvalue weighted by molar-refractivity contribution is 0.144. The Kier molecular flexibility index (Phi) is 2.39. The topological polar surface area (TPSA) is 38.9 Å². The van der Waals surface area contributed by atoms with Gasteiger partial charge in [-0.25, -0.2) is 4.98 Å². The van der Waals surface area contributed by atoms with Crippen molar-refractivity contribution in [3.05, 3.63) is 16.1 Å². The summed E-state index contributed by atoms with van der Waals surface area (Å²) in [5, 5.41) is 3.39. The highest BCUT2D eigenvalue weighted by atomic mass is 32.1. The fourth-order valence-corrected chi connectivity index (χ4v) is 2.88. The van der Waals surface area contributed by atoms with Gasteiger partial charge >= 0.3 is 0 Å². The van der Waals surface area contributed by atoms with Gasteiger partial charge in [-0.3, -0.25) is 0 Å². The molecule has 1 aliphatic carbocycles. The first kappa shape index (κ1) is 9.16. The Morgan fingerprint density at radius 2 is 2.38 bits per heavy atom. The lowest BCUT2D eigenvalue weighted by Crippen LogP contribution is -2.39. The van der Waals surface area contributed by atoms with Crippen LogP contribution in [0.2, 0.25) is 0 Å². The summed E-state index contributed by atoms with van der Waals surface area (Å²) in [5.41, 5.74) is 7.35. The number of rotatable bonds is 3. The zero-order valence-electron chi connectivity index (χ0n) is 8.05. The molecule has 1 heterocycles. The van der Waals surface area contributed by atoms with Gasteiger partial charge in [0.25, 0.3) is 0 Å². The maximum atomic E-state index is 5.80. The van der Waals surface area contributed by atoms with Crippen LogP contribution in [0.3, 0.4) is 0 Å². The van der Waals surface area contributed by atoms with Crippen molar-refractivity contribution in [2.75, 3.05) is 6.54 Å². The molecule has 1 aliphatic rings. The number of aryl methyl sites for hydroxylation is 1. The molecule has 2 nitrogen and oxygen atoms in total. The van der Waals surface area contributed by atoms with E-state index in [4.69, 9.17) is 5.73 Å². The second-order valence-electron chi connectivity index (χ2n) is 4.12. The van der Waals surface area contributed by atoms with E-state index < -0.39 is 0 Å². The van der Waals surface area contributed by atoms with Crippen LogP contribution in [0.4, 0.5) is 0 Å². The second kappa shape index (κ2) is 3.39. The fraction of sp³-hybridized carbons (Fsp3) is 0.700. The van der Waals surface area contributed by atoms with Crippen molar-refractivity contribution in [3.63, 3.8) is 0 Å². The van der Waals surface area contributed by atoms with Crippen LogP contribution in [-0.4, -0.2) is 11.5 Å². The van der Waals surface area contributed by atoms with E-state index in [1.165, 1.54) is 24.3 Å². The summed E-state index contributed by atoms with van der Waals surface area (Å²) in [6, 6.07) is 0. The van der Waals surface area contributed by atoms with Crippen LogP contribution in [0.15, 0.2) is 5.38 Å². The number of thiazole rings is 1. The van der Waals surface area contributed by atoms with E-state index in [1.54, 1.807) is 11.3 Å². The molecule has 0 unspecified atom stereocenters. The first-order valence-corrected chi connectivity index (χ1v) is 5.73. The quantitative estimate of drug-likeness (QED) is 0.804. The summed E-state index contributed by atoms with van der Waals surface area (Å²) < 4.78 is 0. The van der Waals surface area contributed by atoms with E-state index >= 15 is 0 Å². The minimum atomic E-state index is 0.407. The average Bonchev–Trinajstić information content (AvgIpc) is 2.44. The Labute approximate surface area is 83.2 Å². The molecule has 0 amide bonds. The molecular weight excluding hydrogens is 180 g/mol. The number of nitrogens with zero attached hydrogens (tertiary/aromatic N) is 1. The highest BCUT2D eigenvalue weighted by Gasteiger charge is 2.36. The predicted octanol–water partition coefficient (Wildman–Crippen LogP) is 2.12. The average molecular weight is 196 g/mol.